The molecule has 0 aromatic heterocycles. The molecule has 0 spiro atoms. The molecule has 52 heavy (non-hydrogen) atoms. The Labute approximate surface area is 311 Å². The van der Waals surface area contributed by atoms with Crippen LogP contribution in [-0.4, -0.2) is 51.3 Å². The van der Waals surface area contributed by atoms with Gasteiger partial charge in [0.1, 0.15) is 11.5 Å². The minimum Gasteiger partial charge on any atom is -0.508 e. The lowest BCUT2D eigenvalue weighted by atomic mass is 9.48. The fraction of sp³-hybridized carbons (Fsp3) is 0.317. The number of benzene rings is 4. The number of carbonyl (C=O) groups excluding carboxylic acids is 4. The highest BCUT2D eigenvalue weighted by Gasteiger charge is 2.71. The van der Waals surface area contributed by atoms with Crippen molar-refractivity contribution in [1.29, 1.82) is 0 Å². The smallest absolute Gasteiger partial charge is 0.260 e. The van der Waals surface area contributed by atoms with Crippen LogP contribution in [0.15, 0.2) is 90.5 Å². The molecule has 3 fully saturated rings. The summed E-state index contributed by atoms with van der Waals surface area (Å²) in [5, 5.41) is 15.1. The van der Waals surface area contributed by atoms with Gasteiger partial charge in [0, 0.05) is 22.0 Å². The second-order valence-electron chi connectivity index (χ2n) is 15.1. The predicted octanol–water partition coefficient (Wildman–Crippen LogP) is 7.64. The molecule has 0 bridgehead atoms. The van der Waals surface area contributed by atoms with Crippen molar-refractivity contribution < 1.29 is 29.0 Å². The number of halogens is 2. The third-order valence-corrected chi connectivity index (χ3v) is 12.0. The van der Waals surface area contributed by atoms with Gasteiger partial charge in [-0.15, -0.1) is 0 Å². The van der Waals surface area contributed by atoms with E-state index >= 15 is 9.59 Å². The number of amides is 4. The maximum atomic E-state index is 15.5. The molecule has 4 aliphatic rings. The Hall–Kier alpha value is -4.86. The standard InChI is InChI=1S/C41H37Cl2N3O6/c1-40(2,3)45-36(48)27-16-15-26-28(33(27)38(45)50)20-29-37(49)46(44-31-17-12-23(42)19-30(31)43)39(51)41(29,22-10-13-24(52-4)14-11-22)35(26)34-25-8-6-5-7-21(25)9-18-32(34)47/h5-15,17-19,27-29,33,35,44,47H,16,20H2,1-4H3. The summed E-state index contributed by atoms with van der Waals surface area (Å²) in [7, 11) is 1.55. The van der Waals surface area contributed by atoms with Crippen LogP contribution in [0.3, 0.4) is 0 Å². The summed E-state index contributed by atoms with van der Waals surface area (Å²) in [6.45, 7) is 5.52. The molecular formula is C41H37Cl2N3O6. The van der Waals surface area contributed by atoms with E-state index in [4.69, 9.17) is 27.9 Å². The van der Waals surface area contributed by atoms with Crippen molar-refractivity contribution >= 4 is 63.3 Å². The molecule has 6 unspecified atom stereocenters. The zero-order valence-electron chi connectivity index (χ0n) is 29.0. The van der Waals surface area contributed by atoms with E-state index in [2.05, 4.69) is 5.43 Å². The summed E-state index contributed by atoms with van der Waals surface area (Å²) in [4.78, 5) is 60.2. The molecule has 4 aromatic carbocycles. The molecule has 2 aliphatic carbocycles. The lowest BCUT2D eigenvalue weighted by molar-refractivity contribution is -0.146. The van der Waals surface area contributed by atoms with Crippen LogP contribution in [0, 0.1) is 23.7 Å². The normalized spacial score (nSPS) is 27.0. The zero-order valence-corrected chi connectivity index (χ0v) is 30.5. The SMILES string of the molecule is COc1ccc(C23C(=O)N(Nc4ccc(Cl)cc4Cl)C(=O)C2CC2C(=CCC4C(=O)N(C(C)(C)C)C(=O)C42)C3c2c(O)ccc3ccccc23)cc1. The molecule has 11 heteroatoms. The minimum absolute atomic E-state index is 0.0449. The number of phenolic OH excluding ortho intramolecular Hbond substituents is 1. The molecule has 2 heterocycles. The van der Waals surface area contributed by atoms with Gasteiger partial charge in [-0.3, -0.25) is 29.5 Å². The van der Waals surface area contributed by atoms with Crippen molar-refractivity contribution in [1.82, 2.24) is 9.91 Å². The number of phenols is 1. The van der Waals surface area contributed by atoms with Gasteiger partial charge in [0.25, 0.3) is 11.8 Å². The maximum absolute atomic E-state index is 15.5. The Bertz CT molecular complexity index is 2230. The van der Waals surface area contributed by atoms with Gasteiger partial charge in [-0.2, -0.15) is 5.01 Å². The number of likely N-dealkylation sites (tertiary alicyclic amines) is 1. The van der Waals surface area contributed by atoms with Crippen molar-refractivity contribution in [2.75, 3.05) is 12.5 Å². The first-order valence-corrected chi connectivity index (χ1v) is 18.1. The number of nitrogens with zero attached hydrogens (tertiary/aromatic N) is 2. The molecule has 4 amide bonds. The van der Waals surface area contributed by atoms with Crippen molar-refractivity contribution in [3.8, 4) is 11.5 Å². The minimum atomic E-state index is -1.60. The molecule has 4 aromatic rings. The summed E-state index contributed by atoms with van der Waals surface area (Å²) in [5.41, 5.74) is 2.74. The molecule has 9 nitrogen and oxygen atoms in total. The molecule has 2 N–H and O–H groups in total. The van der Waals surface area contributed by atoms with E-state index in [0.29, 0.717) is 33.0 Å². The predicted molar refractivity (Wildman–Crippen MR) is 198 cm³/mol. The van der Waals surface area contributed by atoms with Gasteiger partial charge in [0.05, 0.1) is 41.0 Å². The topological polar surface area (TPSA) is 116 Å². The van der Waals surface area contributed by atoms with Crippen LogP contribution in [0.2, 0.25) is 10.0 Å². The number of aromatic hydroxyl groups is 1. The number of allylic oxidation sites excluding steroid dienone is 2. The number of hydrazine groups is 1. The fourth-order valence-electron chi connectivity index (χ4n) is 9.41. The average Bonchev–Trinajstić information content (AvgIpc) is 3.50. The lowest BCUT2D eigenvalue weighted by Crippen LogP contribution is -2.53. The second-order valence-corrected chi connectivity index (χ2v) is 16.0. The van der Waals surface area contributed by atoms with Gasteiger partial charge in [-0.1, -0.05) is 77.3 Å². The number of ether oxygens (including phenoxy) is 1. The quantitative estimate of drug-likeness (QED) is 0.160. The lowest BCUT2D eigenvalue weighted by Gasteiger charge is -2.51. The van der Waals surface area contributed by atoms with E-state index in [1.54, 1.807) is 49.6 Å². The van der Waals surface area contributed by atoms with E-state index in [9.17, 15) is 14.7 Å². The Morgan fingerprint density at radius 2 is 1.62 bits per heavy atom. The molecule has 266 valence electrons. The third-order valence-electron chi connectivity index (χ3n) is 11.5. The first-order chi connectivity index (χ1) is 24.8. The second kappa shape index (κ2) is 12.1. The average molecular weight is 739 g/mol. The number of fused-ring (bicyclic) bond motifs is 5. The van der Waals surface area contributed by atoms with Gasteiger partial charge in [0.2, 0.25) is 11.8 Å². The summed E-state index contributed by atoms with van der Waals surface area (Å²) in [6, 6.07) is 22.8. The maximum Gasteiger partial charge on any atom is 0.260 e. The number of nitrogens with one attached hydrogen (secondary N) is 1. The third kappa shape index (κ3) is 4.82. The highest BCUT2D eigenvalue weighted by molar-refractivity contribution is 6.36. The van der Waals surface area contributed by atoms with E-state index in [-0.39, 0.29) is 35.4 Å². The van der Waals surface area contributed by atoms with Gasteiger partial charge >= 0.3 is 0 Å². The molecule has 0 radical (unpaired) electrons. The number of hydrogen-bond acceptors (Lipinski definition) is 7. The van der Waals surface area contributed by atoms with Gasteiger partial charge in [-0.25, -0.2) is 0 Å². The molecule has 2 aliphatic heterocycles. The summed E-state index contributed by atoms with van der Waals surface area (Å²) >= 11 is 12.8. The van der Waals surface area contributed by atoms with Crippen LogP contribution in [0.4, 0.5) is 5.69 Å². The largest absolute Gasteiger partial charge is 0.508 e. The van der Waals surface area contributed by atoms with Crippen LogP contribution >= 0.6 is 23.2 Å². The van der Waals surface area contributed by atoms with E-state index in [1.807, 2.05) is 57.2 Å². The first kappa shape index (κ1) is 34.2. The monoisotopic (exact) mass is 737 g/mol. The Balaban J connectivity index is 1.41. The Morgan fingerprint density at radius 1 is 0.885 bits per heavy atom. The van der Waals surface area contributed by atoms with Crippen molar-refractivity contribution in [2.45, 2.75) is 50.5 Å². The molecule has 6 atom stereocenters. The zero-order chi connectivity index (χ0) is 36.9. The highest BCUT2D eigenvalue weighted by atomic mass is 35.5. The molecule has 1 saturated carbocycles. The van der Waals surface area contributed by atoms with Gasteiger partial charge in [-0.05, 0) is 92.3 Å². The number of anilines is 1. The molecular weight excluding hydrogens is 701 g/mol. The summed E-state index contributed by atoms with van der Waals surface area (Å²) in [5.74, 6) is -4.89. The Kier molecular flexibility index (Phi) is 7.97. The number of rotatable bonds is 5. The summed E-state index contributed by atoms with van der Waals surface area (Å²) < 4.78 is 5.49. The van der Waals surface area contributed by atoms with Gasteiger partial charge in [0.15, 0.2) is 0 Å². The molecule has 8 rings (SSSR count). The van der Waals surface area contributed by atoms with Crippen LogP contribution in [-0.2, 0) is 24.6 Å². The van der Waals surface area contributed by atoms with Crippen LogP contribution in [0.1, 0.15) is 50.7 Å². The van der Waals surface area contributed by atoms with Gasteiger partial charge < -0.3 is 9.84 Å². The van der Waals surface area contributed by atoms with Crippen molar-refractivity contribution in [2.24, 2.45) is 23.7 Å². The van der Waals surface area contributed by atoms with Crippen molar-refractivity contribution in [3.63, 3.8) is 0 Å². The van der Waals surface area contributed by atoms with Crippen LogP contribution in [0.25, 0.3) is 10.8 Å². The van der Waals surface area contributed by atoms with Crippen LogP contribution in [0.5, 0.6) is 11.5 Å². The van der Waals surface area contributed by atoms with Crippen molar-refractivity contribution in [3.05, 3.63) is 112 Å². The van der Waals surface area contributed by atoms with E-state index in [0.717, 1.165) is 16.0 Å². The number of imide groups is 2. The summed E-state index contributed by atoms with van der Waals surface area (Å²) in [6.07, 6.45) is 2.39. The first-order valence-electron chi connectivity index (χ1n) is 17.3. The van der Waals surface area contributed by atoms with E-state index in [1.165, 1.54) is 11.0 Å². The number of methoxy groups -OCH3 is 1. The number of carbonyl (C=O) groups is 4. The highest BCUT2D eigenvalue weighted by Crippen LogP contribution is 2.65. The van der Waals surface area contributed by atoms with Crippen LogP contribution < -0.4 is 10.2 Å². The molecule has 2 saturated heterocycles. The number of hydrogen-bond donors (Lipinski definition) is 2. The Morgan fingerprint density at radius 3 is 2.31 bits per heavy atom. The fourth-order valence-corrected chi connectivity index (χ4v) is 9.86. The van der Waals surface area contributed by atoms with E-state index < -0.39 is 52.4 Å².